The summed E-state index contributed by atoms with van der Waals surface area (Å²) in [5, 5.41) is 8.91. The first-order chi connectivity index (χ1) is 12.6. The van der Waals surface area contributed by atoms with Crippen LogP contribution in [-0.2, 0) is 11.3 Å². The van der Waals surface area contributed by atoms with Crippen LogP contribution < -0.4 is 16.0 Å². The predicted molar refractivity (Wildman–Crippen MR) is 98.2 cm³/mol. The lowest BCUT2D eigenvalue weighted by Gasteiger charge is -2.21. The number of hydrogen-bond acceptors (Lipinski definition) is 3. The number of anilines is 1. The molecule has 1 saturated heterocycles. The summed E-state index contributed by atoms with van der Waals surface area (Å²) in [5.74, 6) is -0.529. The molecule has 1 heterocycles. The average Bonchev–Trinajstić information content (AvgIpc) is 2.68. The van der Waals surface area contributed by atoms with Gasteiger partial charge in [-0.1, -0.05) is 12.1 Å². The van der Waals surface area contributed by atoms with Crippen LogP contribution in [0.3, 0.4) is 0 Å². The van der Waals surface area contributed by atoms with Crippen LogP contribution in [0, 0.1) is 11.7 Å². The lowest BCUT2D eigenvalue weighted by atomic mass is 9.99. The Hall–Kier alpha value is -2.73. The van der Waals surface area contributed by atoms with E-state index in [4.69, 9.17) is 0 Å². The number of rotatable bonds is 5. The zero-order valence-electron chi connectivity index (χ0n) is 14.4. The van der Waals surface area contributed by atoms with Gasteiger partial charge in [-0.25, -0.2) is 4.39 Å². The maximum atomic E-state index is 12.9. The number of hydrogen-bond donors (Lipinski definition) is 3. The highest BCUT2D eigenvalue weighted by Crippen LogP contribution is 2.15. The van der Waals surface area contributed by atoms with Gasteiger partial charge in [0.1, 0.15) is 5.82 Å². The lowest BCUT2D eigenvalue weighted by molar-refractivity contribution is -0.120. The van der Waals surface area contributed by atoms with Crippen molar-refractivity contribution in [2.45, 2.75) is 19.4 Å². The molecule has 2 amide bonds. The second kappa shape index (κ2) is 8.58. The summed E-state index contributed by atoms with van der Waals surface area (Å²) in [6, 6.07) is 12.8. The van der Waals surface area contributed by atoms with Gasteiger partial charge in [0.05, 0.1) is 5.92 Å². The topological polar surface area (TPSA) is 70.2 Å². The molecule has 1 aliphatic heterocycles. The van der Waals surface area contributed by atoms with Crippen LogP contribution in [0.15, 0.2) is 48.5 Å². The number of carbonyl (C=O) groups excluding carboxylic acids is 2. The monoisotopic (exact) mass is 355 g/mol. The molecule has 1 fully saturated rings. The first-order valence-corrected chi connectivity index (χ1v) is 8.76. The molecule has 0 radical (unpaired) electrons. The number of piperidine rings is 1. The molecule has 6 heteroatoms. The fourth-order valence-electron chi connectivity index (χ4n) is 2.91. The van der Waals surface area contributed by atoms with E-state index in [9.17, 15) is 14.0 Å². The highest BCUT2D eigenvalue weighted by Gasteiger charge is 2.20. The molecule has 2 aromatic rings. The van der Waals surface area contributed by atoms with Crippen LogP contribution >= 0.6 is 0 Å². The van der Waals surface area contributed by atoms with E-state index in [0.29, 0.717) is 24.3 Å². The molecule has 5 nitrogen and oxygen atoms in total. The van der Waals surface area contributed by atoms with E-state index in [2.05, 4.69) is 16.0 Å². The fourth-order valence-corrected chi connectivity index (χ4v) is 2.91. The highest BCUT2D eigenvalue weighted by atomic mass is 19.1. The molecule has 26 heavy (non-hydrogen) atoms. The van der Waals surface area contributed by atoms with Gasteiger partial charge in [0.15, 0.2) is 0 Å². The van der Waals surface area contributed by atoms with Gasteiger partial charge in [0.2, 0.25) is 5.91 Å². The first kappa shape index (κ1) is 18.1. The first-order valence-electron chi connectivity index (χ1n) is 8.76. The van der Waals surface area contributed by atoms with Crippen molar-refractivity contribution >= 4 is 17.5 Å². The third-order valence-corrected chi connectivity index (χ3v) is 4.45. The van der Waals surface area contributed by atoms with E-state index in [-0.39, 0.29) is 23.5 Å². The van der Waals surface area contributed by atoms with Gasteiger partial charge in [0, 0.05) is 24.3 Å². The average molecular weight is 355 g/mol. The van der Waals surface area contributed by atoms with Crippen molar-refractivity contribution in [3.8, 4) is 0 Å². The van der Waals surface area contributed by atoms with Gasteiger partial charge in [0.25, 0.3) is 5.91 Å². The molecule has 3 N–H and O–H groups in total. The van der Waals surface area contributed by atoms with Crippen molar-refractivity contribution in [2.75, 3.05) is 18.4 Å². The maximum Gasteiger partial charge on any atom is 0.251 e. The molecule has 2 aromatic carbocycles. The third-order valence-electron chi connectivity index (χ3n) is 4.45. The molecular weight excluding hydrogens is 333 g/mol. The van der Waals surface area contributed by atoms with Gasteiger partial charge in [-0.15, -0.1) is 0 Å². The molecule has 136 valence electrons. The minimum atomic E-state index is -0.304. The van der Waals surface area contributed by atoms with Crippen LogP contribution in [-0.4, -0.2) is 24.9 Å². The molecule has 0 spiro atoms. The summed E-state index contributed by atoms with van der Waals surface area (Å²) in [7, 11) is 0. The van der Waals surface area contributed by atoms with E-state index in [1.165, 1.54) is 12.1 Å². The van der Waals surface area contributed by atoms with Crippen LogP contribution in [0.2, 0.25) is 0 Å². The van der Waals surface area contributed by atoms with Crippen LogP contribution in [0.4, 0.5) is 10.1 Å². The number of halogens is 1. The molecule has 1 atom stereocenters. The quantitative estimate of drug-likeness (QED) is 0.772. The van der Waals surface area contributed by atoms with Gasteiger partial charge in [-0.05, 0) is 61.3 Å². The van der Waals surface area contributed by atoms with Crippen molar-refractivity contribution in [3.05, 3.63) is 65.5 Å². The normalized spacial score (nSPS) is 16.7. The van der Waals surface area contributed by atoms with Gasteiger partial charge >= 0.3 is 0 Å². The summed E-state index contributed by atoms with van der Waals surface area (Å²) in [6.45, 7) is 1.99. The summed E-state index contributed by atoms with van der Waals surface area (Å²) >= 11 is 0. The van der Waals surface area contributed by atoms with Crippen LogP contribution in [0.1, 0.15) is 28.8 Å². The zero-order valence-corrected chi connectivity index (χ0v) is 14.4. The Morgan fingerprint density at radius 1 is 1.08 bits per heavy atom. The smallest absolute Gasteiger partial charge is 0.251 e. The zero-order chi connectivity index (χ0) is 18.4. The summed E-state index contributed by atoms with van der Waals surface area (Å²) < 4.78 is 12.9. The second-order valence-electron chi connectivity index (χ2n) is 6.42. The highest BCUT2D eigenvalue weighted by molar-refractivity contribution is 5.96. The molecule has 0 bridgehead atoms. The Morgan fingerprint density at radius 3 is 2.46 bits per heavy atom. The van der Waals surface area contributed by atoms with E-state index < -0.39 is 0 Å². The Morgan fingerprint density at radius 2 is 1.81 bits per heavy atom. The van der Waals surface area contributed by atoms with Crippen molar-refractivity contribution < 1.29 is 14.0 Å². The minimum Gasteiger partial charge on any atom is -0.348 e. The Kier molecular flexibility index (Phi) is 5.96. The standard InChI is InChI=1S/C20H22FN3O2/c21-17-7-3-14(4-8-17)12-23-19(25)15-5-9-18(10-6-15)24-20(26)16-2-1-11-22-13-16/h3-10,16,22H,1-2,11-13H2,(H,23,25)(H,24,26). The molecule has 1 unspecified atom stereocenters. The molecule has 3 rings (SSSR count). The van der Waals surface area contributed by atoms with Crippen molar-refractivity contribution in [3.63, 3.8) is 0 Å². The van der Waals surface area contributed by atoms with Crippen molar-refractivity contribution in [2.24, 2.45) is 5.92 Å². The molecule has 0 saturated carbocycles. The molecule has 1 aliphatic rings. The van der Waals surface area contributed by atoms with Gasteiger partial charge < -0.3 is 16.0 Å². The number of benzene rings is 2. The SMILES string of the molecule is O=C(NCc1ccc(F)cc1)c1ccc(NC(=O)C2CCCNC2)cc1. The number of nitrogens with one attached hydrogen (secondary N) is 3. The number of amides is 2. The second-order valence-corrected chi connectivity index (χ2v) is 6.42. The Balaban J connectivity index is 1.52. The Bertz CT molecular complexity index is 754. The van der Waals surface area contributed by atoms with E-state index in [0.717, 1.165) is 24.9 Å². The molecule has 0 aliphatic carbocycles. The van der Waals surface area contributed by atoms with Crippen molar-refractivity contribution in [1.29, 1.82) is 0 Å². The van der Waals surface area contributed by atoms with E-state index in [1.54, 1.807) is 36.4 Å². The lowest BCUT2D eigenvalue weighted by Crippen LogP contribution is -2.37. The largest absolute Gasteiger partial charge is 0.348 e. The number of carbonyl (C=O) groups is 2. The summed E-state index contributed by atoms with van der Waals surface area (Å²) in [4.78, 5) is 24.4. The minimum absolute atomic E-state index is 0.00529. The van der Waals surface area contributed by atoms with Crippen molar-refractivity contribution in [1.82, 2.24) is 10.6 Å². The molecular formula is C20H22FN3O2. The van der Waals surface area contributed by atoms with Crippen LogP contribution in [0.5, 0.6) is 0 Å². The Labute approximate surface area is 152 Å². The molecule has 0 aromatic heterocycles. The maximum absolute atomic E-state index is 12.9. The summed E-state index contributed by atoms with van der Waals surface area (Å²) in [5.41, 5.74) is 2.00. The van der Waals surface area contributed by atoms with Gasteiger partial charge in [-0.2, -0.15) is 0 Å². The fraction of sp³-hybridized carbons (Fsp3) is 0.300. The third kappa shape index (κ3) is 4.89. The van der Waals surface area contributed by atoms with E-state index in [1.807, 2.05) is 0 Å². The summed E-state index contributed by atoms with van der Waals surface area (Å²) in [6.07, 6.45) is 1.90. The van der Waals surface area contributed by atoms with Gasteiger partial charge in [-0.3, -0.25) is 9.59 Å². The predicted octanol–water partition coefficient (Wildman–Crippen LogP) is 2.69. The van der Waals surface area contributed by atoms with E-state index >= 15 is 0 Å². The van der Waals surface area contributed by atoms with Crippen LogP contribution in [0.25, 0.3) is 0 Å².